The molecule has 0 saturated heterocycles. The highest BCUT2D eigenvalue weighted by Crippen LogP contribution is 2.39. The molecule has 0 radical (unpaired) electrons. The average Bonchev–Trinajstić information content (AvgIpc) is 2.35. The fourth-order valence-electron chi connectivity index (χ4n) is 1.46. The van der Waals surface area contributed by atoms with Crippen LogP contribution in [0.15, 0.2) is 30.3 Å². The number of ether oxygens (including phenoxy) is 1. The molecule has 1 aromatic carbocycles. The minimum atomic E-state index is -2.03. The smallest absolute Gasteiger partial charge is 0.338 e. The second-order valence-electron chi connectivity index (χ2n) is 6.19. The summed E-state index contributed by atoms with van der Waals surface area (Å²) in [5.41, 5.74) is 0.846. The summed E-state index contributed by atoms with van der Waals surface area (Å²) < 4.78 is 11.1. The van der Waals surface area contributed by atoms with Crippen LogP contribution in [-0.4, -0.2) is 21.4 Å². The minimum Gasteiger partial charge on any atom is -0.467 e. The molecular weight excluding hydrogens is 256 g/mol. The summed E-state index contributed by atoms with van der Waals surface area (Å²) in [6.07, 6.45) is -0.632. The second-order valence-corrected chi connectivity index (χ2v) is 10.9. The number of hydrogen-bond acceptors (Lipinski definition) is 3. The molecule has 0 bridgehead atoms. The lowest BCUT2D eigenvalue weighted by Crippen LogP contribution is -2.43. The molecule has 0 aromatic heterocycles. The lowest BCUT2D eigenvalue weighted by Gasteiger charge is -2.38. The van der Waals surface area contributed by atoms with E-state index in [2.05, 4.69) is 33.9 Å². The number of esters is 1. The Balaban J connectivity index is 3.05. The molecule has 0 saturated carbocycles. The Kier molecular flexibility index (Phi) is 4.93. The Bertz CT molecular complexity index is 421. The molecule has 4 heteroatoms. The molecule has 19 heavy (non-hydrogen) atoms. The molecule has 3 nitrogen and oxygen atoms in total. The predicted molar refractivity (Wildman–Crippen MR) is 79.5 cm³/mol. The van der Waals surface area contributed by atoms with Crippen LogP contribution in [0.25, 0.3) is 0 Å². The van der Waals surface area contributed by atoms with Gasteiger partial charge in [-0.3, -0.25) is 0 Å². The molecule has 0 fully saturated rings. The van der Waals surface area contributed by atoms with Gasteiger partial charge in [0.05, 0.1) is 7.11 Å². The first-order chi connectivity index (χ1) is 8.69. The molecule has 0 spiro atoms. The van der Waals surface area contributed by atoms with Crippen LogP contribution in [0, 0.1) is 0 Å². The average molecular weight is 280 g/mol. The van der Waals surface area contributed by atoms with Crippen molar-refractivity contribution in [2.75, 3.05) is 7.11 Å². The van der Waals surface area contributed by atoms with E-state index in [-0.39, 0.29) is 11.0 Å². The highest BCUT2D eigenvalue weighted by atomic mass is 28.4. The Hall–Kier alpha value is -1.13. The van der Waals surface area contributed by atoms with Crippen molar-refractivity contribution in [2.24, 2.45) is 0 Å². The number of carbonyl (C=O) groups is 1. The maximum absolute atomic E-state index is 12.0. The van der Waals surface area contributed by atoms with E-state index in [0.717, 1.165) is 5.56 Å². The van der Waals surface area contributed by atoms with Gasteiger partial charge < -0.3 is 9.16 Å². The number of hydrogen-bond donors (Lipinski definition) is 0. The van der Waals surface area contributed by atoms with Crippen molar-refractivity contribution < 1.29 is 14.0 Å². The van der Waals surface area contributed by atoms with Crippen molar-refractivity contribution in [3.63, 3.8) is 0 Å². The van der Waals surface area contributed by atoms with Crippen LogP contribution in [0.2, 0.25) is 18.1 Å². The summed E-state index contributed by atoms with van der Waals surface area (Å²) in [7, 11) is -0.635. The minimum absolute atomic E-state index is 0.0497. The van der Waals surface area contributed by atoms with Crippen molar-refractivity contribution in [3.8, 4) is 0 Å². The van der Waals surface area contributed by atoms with Crippen LogP contribution in [0.4, 0.5) is 0 Å². The van der Waals surface area contributed by atoms with Crippen molar-refractivity contribution >= 4 is 14.3 Å². The topological polar surface area (TPSA) is 35.5 Å². The highest BCUT2D eigenvalue weighted by molar-refractivity contribution is 6.74. The monoisotopic (exact) mass is 280 g/mol. The van der Waals surface area contributed by atoms with Crippen LogP contribution < -0.4 is 0 Å². The van der Waals surface area contributed by atoms with Gasteiger partial charge in [0.1, 0.15) is 0 Å². The van der Waals surface area contributed by atoms with Crippen LogP contribution in [0.3, 0.4) is 0 Å². The van der Waals surface area contributed by atoms with E-state index in [1.54, 1.807) is 0 Å². The molecule has 106 valence electrons. The zero-order valence-corrected chi connectivity index (χ0v) is 13.7. The molecule has 1 rings (SSSR count). The van der Waals surface area contributed by atoms with Crippen molar-refractivity contribution in [3.05, 3.63) is 35.9 Å². The van der Waals surface area contributed by atoms with Crippen LogP contribution >= 0.6 is 0 Å². The molecule has 0 N–H and O–H groups in total. The zero-order valence-electron chi connectivity index (χ0n) is 12.7. The normalized spacial score (nSPS) is 14.0. The lowest BCUT2D eigenvalue weighted by molar-refractivity contribution is -0.149. The van der Waals surface area contributed by atoms with Gasteiger partial charge in [0, 0.05) is 0 Å². The molecule has 0 amide bonds. The lowest BCUT2D eigenvalue weighted by atomic mass is 10.1. The summed E-state index contributed by atoms with van der Waals surface area (Å²) in [5.74, 6) is -0.337. The maximum Gasteiger partial charge on any atom is 0.338 e. The third-order valence-electron chi connectivity index (χ3n) is 3.74. The van der Waals surface area contributed by atoms with E-state index in [9.17, 15) is 4.79 Å². The van der Waals surface area contributed by atoms with Gasteiger partial charge in [-0.15, -0.1) is 0 Å². The molecule has 0 aliphatic rings. The molecule has 0 aliphatic carbocycles. The first-order valence-electron chi connectivity index (χ1n) is 6.49. The van der Waals surface area contributed by atoms with Crippen molar-refractivity contribution in [2.45, 2.75) is 45.0 Å². The number of carbonyl (C=O) groups excluding carboxylic acids is 1. The van der Waals surface area contributed by atoms with Gasteiger partial charge in [-0.25, -0.2) is 4.79 Å². The number of methoxy groups -OCH3 is 1. The standard InChI is InChI=1S/C15H24O3Si/c1-15(2,3)19(5,6)18-13(14(16)17-4)12-10-8-7-9-11-12/h7-11,13H,1-6H3. The van der Waals surface area contributed by atoms with Crippen molar-refractivity contribution in [1.82, 2.24) is 0 Å². The summed E-state index contributed by atoms with van der Waals surface area (Å²) >= 11 is 0. The fourth-order valence-corrected chi connectivity index (χ4v) is 2.63. The molecule has 1 atom stereocenters. The van der Waals surface area contributed by atoms with Gasteiger partial charge in [0.2, 0.25) is 0 Å². The molecule has 1 unspecified atom stereocenters. The summed E-state index contributed by atoms with van der Waals surface area (Å²) in [4.78, 5) is 12.0. The van der Waals surface area contributed by atoms with Gasteiger partial charge in [0.15, 0.2) is 14.4 Å². The van der Waals surface area contributed by atoms with E-state index >= 15 is 0 Å². The van der Waals surface area contributed by atoms with E-state index in [0.29, 0.717) is 0 Å². The van der Waals surface area contributed by atoms with E-state index in [4.69, 9.17) is 9.16 Å². The Labute approximate surface area is 117 Å². The second kappa shape index (κ2) is 5.88. The SMILES string of the molecule is COC(=O)C(O[Si](C)(C)C(C)(C)C)c1ccccc1. The van der Waals surface area contributed by atoms with Crippen molar-refractivity contribution in [1.29, 1.82) is 0 Å². The highest BCUT2D eigenvalue weighted by Gasteiger charge is 2.41. The fraction of sp³-hybridized carbons (Fsp3) is 0.533. The van der Waals surface area contributed by atoms with Crippen LogP contribution in [-0.2, 0) is 14.0 Å². The third-order valence-corrected chi connectivity index (χ3v) is 8.17. The van der Waals surface area contributed by atoms with Crippen LogP contribution in [0.1, 0.15) is 32.4 Å². The zero-order chi connectivity index (χ0) is 14.7. The van der Waals surface area contributed by atoms with E-state index < -0.39 is 14.4 Å². The molecule has 1 aromatic rings. The maximum atomic E-state index is 12.0. The molecular formula is C15H24O3Si. The van der Waals surface area contributed by atoms with Gasteiger partial charge in [-0.1, -0.05) is 51.1 Å². The van der Waals surface area contributed by atoms with Gasteiger partial charge in [-0.05, 0) is 23.7 Å². The predicted octanol–water partition coefficient (Wildman–Crippen LogP) is 3.92. The van der Waals surface area contributed by atoms with Gasteiger partial charge in [-0.2, -0.15) is 0 Å². The quantitative estimate of drug-likeness (QED) is 0.619. The largest absolute Gasteiger partial charge is 0.467 e. The van der Waals surface area contributed by atoms with Gasteiger partial charge >= 0.3 is 5.97 Å². The Morgan fingerprint density at radius 3 is 2.11 bits per heavy atom. The Morgan fingerprint density at radius 2 is 1.68 bits per heavy atom. The van der Waals surface area contributed by atoms with Crippen LogP contribution in [0.5, 0.6) is 0 Å². The first-order valence-corrected chi connectivity index (χ1v) is 9.40. The number of benzene rings is 1. The summed E-state index contributed by atoms with van der Waals surface area (Å²) in [6, 6.07) is 9.52. The number of rotatable bonds is 4. The first kappa shape index (κ1) is 15.9. The molecule has 0 heterocycles. The third kappa shape index (κ3) is 3.91. The van der Waals surface area contributed by atoms with Gasteiger partial charge in [0.25, 0.3) is 0 Å². The molecule has 0 aliphatic heterocycles. The van der Waals surface area contributed by atoms with E-state index in [1.165, 1.54) is 7.11 Å². The summed E-state index contributed by atoms with van der Waals surface area (Å²) in [5, 5.41) is 0.0497. The summed E-state index contributed by atoms with van der Waals surface area (Å²) in [6.45, 7) is 10.7. The van der Waals surface area contributed by atoms with E-state index in [1.807, 2.05) is 30.3 Å². The Morgan fingerprint density at radius 1 is 1.16 bits per heavy atom.